The highest BCUT2D eigenvalue weighted by molar-refractivity contribution is 6.18. The molecule has 0 radical (unpaired) electrons. The fourth-order valence-corrected chi connectivity index (χ4v) is 9.49. The van der Waals surface area contributed by atoms with E-state index in [1.54, 1.807) is 0 Å². The molecule has 1 aliphatic carbocycles. The molecule has 0 saturated carbocycles. The van der Waals surface area contributed by atoms with E-state index >= 15 is 0 Å². The third-order valence-electron chi connectivity index (χ3n) is 12.3. The van der Waals surface area contributed by atoms with Crippen LogP contribution < -0.4 is 0 Å². The second kappa shape index (κ2) is 12.7. The molecule has 3 heterocycles. The number of furan rings is 1. The molecule has 0 saturated heterocycles. The van der Waals surface area contributed by atoms with Crippen LogP contribution in [0.5, 0.6) is 0 Å². The van der Waals surface area contributed by atoms with Crippen LogP contribution in [0, 0.1) is 0 Å². The minimum Gasteiger partial charge on any atom is -0.456 e. The van der Waals surface area contributed by atoms with Gasteiger partial charge in [0.05, 0.1) is 11.0 Å². The summed E-state index contributed by atoms with van der Waals surface area (Å²) in [4.78, 5) is 15.4. The summed E-state index contributed by atoms with van der Waals surface area (Å²) in [6.07, 6.45) is 0. The predicted octanol–water partition coefficient (Wildman–Crippen LogP) is 13.8. The molecule has 11 aromatic rings. The van der Waals surface area contributed by atoms with Crippen LogP contribution >= 0.6 is 0 Å². The van der Waals surface area contributed by atoms with E-state index in [9.17, 15) is 0 Å². The molecule has 0 atom stereocenters. The largest absolute Gasteiger partial charge is 0.456 e. The zero-order chi connectivity index (χ0) is 39.2. The third-order valence-corrected chi connectivity index (χ3v) is 12.3. The van der Waals surface area contributed by atoms with Gasteiger partial charge in [-0.1, -0.05) is 153 Å². The highest BCUT2D eigenvalue weighted by Gasteiger charge is 2.37. The summed E-state index contributed by atoms with van der Waals surface area (Å²) < 4.78 is 8.91. The molecule has 0 fully saturated rings. The lowest BCUT2D eigenvalue weighted by Gasteiger charge is -2.21. The highest BCUT2D eigenvalue weighted by atomic mass is 16.3. The van der Waals surface area contributed by atoms with Gasteiger partial charge in [0, 0.05) is 49.3 Å². The van der Waals surface area contributed by atoms with Gasteiger partial charge in [0.25, 0.3) is 0 Å². The van der Waals surface area contributed by atoms with Gasteiger partial charge in [-0.05, 0) is 75.8 Å². The van der Waals surface area contributed by atoms with Gasteiger partial charge in [0.1, 0.15) is 11.2 Å². The molecule has 5 heteroatoms. The van der Waals surface area contributed by atoms with Crippen LogP contribution in [-0.2, 0) is 5.41 Å². The van der Waals surface area contributed by atoms with Crippen molar-refractivity contribution in [1.82, 2.24) is 19.5 Å². The number of hydrogen-bond acceptors (Lipinski definition) is 4. The normalized spacial score (nSPS) is 13.1. The number of aromatic nitrogens is 4. The molecule has 0 amide bonds. The quantitative estimate of drug-likeness (QED) is 0.175. The minimum atomic E-state index is -0.0872. The second-order valence-electron chi connectivity index (χ2n) is 16.0. The number of nitrogens with zero attached hydrogens (tertiary/aromatic N) is 4. The summed E-state index contributed by atoms with van der Waals surface area (Å²) in [5.41, 5.74) is 15.3. The summed E-state index contributed by atoms with van der Waals surface area (Å²) >= 11 is 0. The maximum atomic E-state index is 6.52. The fraction of sp³-hybridized carbons (Fsp3) is 0.0556. The van der Waals surface area contributed by atoms with Crippen LogP contribution in [0.25, 0.3) is 106 Å². The molecule has 5 nitrogen and oxygen atoms in total. The Kier molecular flexibility index (Phi) is 7.20. The van der Waals surface area contributed by atoms with Crippen LogP contribution in [0.15, 0.2) is 186 Å². The second-order valence-corrected chi connectivity index (χ2v) is 16.0. The summed E-state index contributed by atoms with van der Waals surface area (Å²) in [7, 11) is 0. The van der Waals surface area contributed by atoms with Gasteiger partial charge in [-0.2, -0.15) is 0 Å². The van der Waals surface area contributed by atoms with Gasteiger partial charge >= 0.3 is 0 Å². The van der Waals surface area contributed by atoms with Crippen LogP contribution in [0.3, 0.4) is 0 Å². The number of benzene rings is 8. The first-order chi connectivity index (χ1) is 29.0. The Labute approximate surface area is 340 Å². The van der Waals surface area contributed by atoms with E-state index < -0.39 is 0 Å². The van der Waals surface area contributed by atoms with Crippen molar-refractivity contribution in [3.05, 3.63) is 193 Å². The molecule has 59 heavy (non-hydrogen) atoms. The maximum Gasteiger partial charge on any atom is 0.164 e. The molecule has 0 spiro atoms. The van der Waals surface area contributed by atoms with Gasteiger partial charge in [-0.3, -0.25) is 0 Å². The van der Waals surface area contributed by atoms with Gasteiger partial charge in [0.15, 0.2) is 17.5 Å². The van der Waals surface area contributed by atoms with E-state index in [0.717, 1.165) is 61.0 Å². The summed E-state index contributed by atoms with van der Waals surface area (Å²) in [6, 6.07) is 64.0. The summed E-state index contributed by atoms with van der Waals surface area (Å²) in [5, 5.41) is 4.67. The van der Waals surface area contributed by atoms with E-state index in [4.69, 9.17) is 19.4 Å². The van der Waals surface area contributed by atoms with Crippen molar-refractivity contribution in [3.63, 3.8) is 0 Å². The number of rotatable bonds is 5. The Bertz CT molecular complexity index is 3470. The number of para-hydroxylation sites is 1. The molecule has 3 aromatic heterocycles. The average molecular weight is 757 g/mol. The van der Waals surface area contributed by atoms with Crippen molar-refractivity contribution in [3.8, 4) is 62.1 Å². The molecule has 278 valence electrons. The number of fused-ring (bicyclic) bond motifs is 10. The Morgan fingerprint density at radius 1 is 0.424 bits per heavy atom. The van der Waals surface area contributed by atoms with E-state index in [-0.39, 0.29) is 5.41 Å². The first-order valence-electron chi connectivity index (χ1n) is 20.1. The van der Waals surface area contributed by atoms with E-state index in [0.29, 0.717) is 17.5 Å². The zero-order valence-corrected chi connectivity index (χ0v) is 32.5. The van der Waals surface area contributed by atoms with Crippen molar-refractivity contribution in [2.45, 2.75) is 19.3 Å². The molecule has 0 unspecified atom stereocenters. The molecule has 0 N–H and O–H groups in total. The molecule has 0 aliphatic heterocycles. The van der Waals surface area contributed by atoms with Crippen LogP contribution in [0.1, 0.15) is 25.0 Å². The van der Waals surface area contributed by atoms with Crippen LogP contribution in [-0.4, -0.2) is 19.5 Å². The Balaban J connectivity index is 1.03. The minimum absolute atomic E-state index is 0.0872. The smallest absolute Gasteiger partial charge is 0.164 e. The Morgan fingerprint density at radius 2 is 1.07 bits per heavy atom. The van der Waals surface area contributed by atoms with Crippen molar-refractivity contribution in [2.75, 3.05) is 0 Å². The Hall–Kier alpha value is -7.63. The summed E-state index contributed by atoms with van der Waals surface area (Å²) in [6.45, 7) is 4.69. The van der Waals surface area contributed by atoms with Gasteiger partial charge < -0.3 is 8.98 Å². The highest BCUT2D eigenvalue weighted by Crippen LogP contribution is 2.53. The molecular formula is C54H36N4O. The first kappa shape index (κ1) is 33.5. The molecule has 12 rings (SSSR count). The average Bonchev–Trinajstić information content (AvgIpc) is 3.92. The topological polar surface area (TPSA) is 56.7 Å². The zero-order valence-electron chi connectivity index (χ0n) is 32.5. The number of hydrogen-bond donors (Lipinski definition) is 0. The van der Waals surface area contributed by atoms with E-state index in [2.05, 4.69) is 158 Å². The van der Waals surface area contributed by atoms with Crippen molar-refractivity contribution in [1.29, 1.82) is 0 Å². The van der Waals surface area contributed by atoms with Crippen LogP contribution in [0.4, 0.5) is 0 Å². The molecule has 8 aromatic carbocycles. The SMILES string of the molecule is CC1(C)c2ccccc2-c2c1ccc1c2c2ccccc2n1-c1cccc(-c2nc(-c3ccccc3)nc(-c3ccc4c(c3)oc3cccc(-c5ccccc5)c34)n2)c1. The monoisotopic (exact) mass is 756 g/mol. The van der Waals surface area contributed by atoms with Crippen molar-refractivity contribution >= 4 is 43.7 Å². The third kappa shape index (κ3) is 5.08. The predicted molar refractivity (Wildman–Crippen MR) is 241 cm³/mol. The Morgan fingerprint density at radius 3 is 1.88 bits per heavy atom. The van der Waals surface area contributed by atoms with Crippen molar-refractivity contribution in [2.24, 2.45) is 0 Å². The molecular weight excluding hydrogens is 721 g/mol. The van der Waals surface area contributed by atoms with E-state index in [1.165, 1.54) is 38.5 Å². The standard InChI is InChI=1S/C54H36N4O/c1-54(2)42-24-11-9-21-39(42)49-43(54)29-30-45-50(49)40-22-10-12-25-44(40)58(45)37-20-13-19-35(31-37)52-55-51(34-17-7-4-8-18-34)56-53(57-52)36-27-28-41-47(32-36)59-46-26-14-23-38(48(41)46)33-15-5-3-6-16-33/h3-32H,1-2H3. The van der Waals surface area contributed by atoms with Crippen molar-refractivity contribution < 1.29 is 4.42 Å². The van der Waals surface area contributed by atoms with E-state index in [1.807, 2.05) is 42.5 Å². The van der Waals surface area contributed by atoms with Gasteiger partial charge in [-0.25, -0.2) is 15.0 Å². The lowest BCUT2D eigenvalue weighted by Crippen LogP contribution is -2.14. The summed E-state index contributed by atoms with van der Waals surface area (Å²) in [5.74, 6) is 1.79. The molecule has 0 bridgehead atoms. The fourth-order valence-electron chi connectivity index (χ4n) is 9.49. The maximum absolute atomic E-state index is 6.52. The van der Waals surface area contributed by atoms with Crippen LogP contribution in [0.2, 0.25) is 0 Å². The van der Waals surface area contributed by atoms with Gasteiger partial charge in [0.2, 0.25) is 0 Å². The first-order valence-corrected chi connectivity index (χ1v) is 20.1. The lowest BCUT2D eigenvalue weighted by atomic mass is 9.82. The molecule has 1 aliphatic rings. The van der Waals surface area contributed by atoms with Gasteiger partial charge in [-0.15, -0.1) is 0 Å². The lowest BCUT2D eigenvalue weighted by molar-refractivity contribution is 0.661.